The van der Waals surface area contributed by atoms with Crippen molar-refractivity contribution in [2.45, 2.75) is 19.1 Å². The fourth-order valence-electron chi connectivity index (χ4n) is 2.10. The summed E-state index contributed by atoms with van der Waals surface area (Å²) >= 11 is 0. The number of nitrogens with two attached hydrogens (primary N) is 1. The van der Waals surface area contributed by atoms with Crippen LogP contribution < -0.4 is 5.73 Å². The van der Waals surface area contributed by atoms with Gasteiger partial charge in [-0.15, -0.1) is 0 Å². The van der Waals surface area contributed by atoms with Crippen LogP contribution in [0.4, 0.5) is 8.78 Å². The molecule has 7 heteroatoms. The summed E-state index contributed by atoms with van der Waals surface area (Å²) in [5.74, 6) is -1.96. The number of hydrogen-bond donors (Lipinski definition) is 2. The van der Waals surface area contributed by atoms with Crippen LogP contribution in [-0.4, -0.2) is 26.4 Å². The Balaban J connectivity index is 2.45. The topological polar surface area (TPSA) is 77.0 Å². The normalized spacial score (nSPS) is 15.8. The summed E-state index contributed by atoms with van der Waals surface area (Å²) in [5.41, 5.74) is 4.00. The van der Waals surface area contributed by atoms with Crippen LogP contribution in [0.15, 0.2) is 30.9 Å². The zero-order valence-corrected chi connectivity index (χ0v) is 11.0. The van der Waals surface area contributed by atoms with Crippen molar-refractivity contribution in [1.29, 1.82) is 0 Å². The third-order valence-electron chi connectivity index (χ3n) is 3.44. The van der Waals surface area contributed by atoms with Gasteiger partial charge in [-0.2, -0.15) is 5.10 Å². The molecule has 0 saturated heterocycles. The highest BCUT2D eigenvalue weighted by molar-refractivity contribution is 5.26. The van der Waals surface area contributed by atoms with E-state index in [9.17, 15) is 13.9 Å². The van der Waals surface area contributed by atoms with E-state index in [1.165, 1.54) is 23.4 Å². The van der Waals surface area contributed by atoms with Gasteiger partial charge in [0, 0.05) is 17.5 Å². The van der Waals surface area contributed by atoms with Gasteiger partial charge in [0.25, 0.3) is 0 Å². The molecule has 1 aromatic carbocycles. The Morgan fingerprint density at radius 1 is 1.45 bits per heavy atom. The molecule has 0 radical (unpaired) electrons. The summed E-state index contributed by atoms with van der Waals surface area (Å²) in [4.78, 5) is 3.78. The molecule has 20 heavy (non-hydrogen) atoms. The molecule has 0 spiro atoms. The van der Waals surface area contributed by atoms with Crippen LogP contribution in [-0.2, 0) is 12.1 Å². The van der Waals surface area contributed by atoms with Gasteiger partial charge in [0.15, 0.2) is 0 Å². The first-order valence-corrected chi connectivity index (χ1v) is 6.17. The molecule has 0 aliphatic heterocycles. The second kappa shape index (κ2) is 5.64. The minimum atomic E-state index is -1.60. The van der Waals surface area contributed by atoms with E-state index in [-0.39, 0.29) is 18.7 Å². The maximum Gasteiger partial charge on any atom is 0.137 e. The van der Waals surface area contributed by atoms with Crippen molar-refractivity contribution < 1.29 is 13.9 Å². The van der Waals surface area contributed by atoms with Crippen LogP contribution in [0.5, 0.6) is 0 Å². The summed E-state index contributed by atoms with van der Waals surface area (Å²) < 4.78 is 28.4. The highest BCUT2D eigenvalue weighted by Crippen LogP contribution is 2.33. The minimum Gasteiger partial charge on any atom is -0.383 e. The molecular formula is C13H16F2N4O. The average Bonchev–Trinajstić information content (AvgIpc) is 2.90. The SMILES string of the molecule is C[C@@H](CN)[C@](O)(Cn1cncn1)c1ccc(F)cc1F. The van der Waals surface area contributed by atoms with Gasteiger partial charge < -0.3 is 10.8 Å². The fraction of sp³-hybridized carbons (Fsp3) is 0.385. The first-order chi connectivity index (χ1) is 9.47. The molecule has 0 aliphatic rings. The van der Waals surface area contributed by atoms with Gasteiger partial charge in [-0.1, -0.05) is 13.0 Å². The van der Waals surface area contributed by atoms with E-state index in [1.54, 1.807) is 6.92 Å². The van der Waals surface area contributed by atoms with E-state index >= 15 is 0 Å². The monoisotopic (exact) mass is 282 g/mol. The lowest BCUT2D eigenvalue weighted by Crippen LogP contribution is -2.42. The Labute approximate surface area is 115 Å². The molecule has 3 N–H and O–H groups in total. The maximum atomic E-state index is 14.0. The van der Waals surface area contributed by atoms with Crippen LogP contribution >= 0.6 is 0 Å². The molecular weight excluding hydrogens is 266 g/mol. The Hall–Kier alpha value is -1.86. The van der Waals surface area contributed by atoms with Gasteiger partial charge in [-0.05, 0) is 12.6 Å². The molecule has 2 aromatic rings. The second-order valence-corrected chi connectivity index (χ2v) is 4.78. The third-order valence-corrected chi connectivity index (χ3v) is 3.44. The summed E-state index contributed by atoms with van der Waals surface area (Å²) in [5, 5.41) is 14.8. The lowest BCUT2D eigenvalue weighted by Gasteiger charge is -2.34. The van der Waals surface area contributed by atoms with Gasteiger partial charge in [0.2, 0.25) is 0 Å². The first kappa shape index (κ1) is 14.5. The first-order valence-electron chi connectivity index (χ1n) is 6.17. The van der Waals surface area contributed by atoms with Crippen molar-refractivity contribution in [3.05, 3.63) is 48.1 Å². The highest BCUT2D eigenvalue weighted by atomic mass is 19.1. The molecule has 0 amide bonds. The number of halogens is 2. The van der Waals surface area contributed by atoms with Gasteiger partial charge in [-0.3, -0.25) is 0 Å². The molecule has 0 bridgehead atoms. The summed E-state index contributed by atoms with van der Waals surface area (Å²) in [6.07, 6.45) is 2.73. The van der Waals surface area contributed by atoms with E-state index in [0.29, 0.717) is 0 Å². The molecule has 0 saturated carbocycles. The van der Waals surface area contributed by atoms with Crippen LogP contribution in [0.3, 0.4) is 0 Å². The van der Waals surface area contributed by atoms with Crippen molar-refractivity contribution in [3.63, 3.8) is 0 Å². The molecule has 5 nitrogen and oxygen atoms in total. The zero-order valence-electron chi connectivity index (χ0n) is 11.0. The summed E-state index contributed by atoms with van der Waals surface area (Å²) in [6.45, 7) is 1.82. The van der Waals surface area contributed by atoms with Crippen molar-refractivity contribution in [2.75, 3.05) is 6.54 Å². The van der Waals surface area contributed by atoms with Crippen molar-refractivity contribution in [3.8, 4) is 0 Å². The molecule has 0 unspecified atom stereocenters. The van der Waals surface area contributed by atoms with Crippen molar-refractivity contribution in [2.24, 2.45) is 11.7 Å². The Morgan fingerprint density at radius 2 is 2.20 bits per heavy atom. The van der Waals surface area contributed by atoms with Gasteiger partial charge in [0.05, 0.1) is 6.54 Å². The second-order valence-electron chi connectivity index (χ2n) is 4.78. The Kier molecular flexibility index (Phi) is 4.10. The van der Waals surface area contributed by atoms with Crippen molar-refractivity contribution >= 4 is 0 Å². The van der Waals surface area contributed by atoms with E-state index in [0.717, 1.165) is 12.1 Å². The maximum absolute atomic E-state index is 14.0. The number of aromatic nitrogens is 3. The van der Waals surface area contributed by atoms with E-state index in [2.05, 4.69) is 10.1 Å². The van der Waals surface area contributed by atoms with E-state index < -0.39 is 23.2 Å². The van der Waals surface area contributed by atoms with Gasteiger partial charge in [-0.25, -0.2) is 18.4 Å². The number of hydrogen-bond acceptors (Lipinski definition) is 4. The molecule has 108 valence electrons. The molecule has 1 heterocycles. The Morgan fingerprint density at radius 3 is 2.75 bits per heavy atom. The highest BCUT2D eigenvalue weighted by Gasteiger charge is 2.38. The molecule has 0 aliphatic carbocycles. The minimum absolute atomic E-state index is 0.00708. The predicted molar refractivity (Wildman–Crippen MR) is 68.5 cm³/mol. The van der Waals surface area contributed by atoms with Crippen LogP contribution in [0.2, 0.25) is 0 Å². The average molecular weight is 282 g/mol. The smallest absolute Gasteiger partial charge is 0.137 e. The molecule has 0 fully saturated rings. The molecule has 1 aromatic heterocycles. The van der Waals surface area contributed by atoms with Crippen LogP contribution in [0, 0.1) is 17.6 Å². The van der Waals surface area contributed by atoms with Crippen molar-refractivity contribution in [1.82, 2.24) is 14.8 Å². The largest absolute Gasteiger partial charge is 0.383 e. The van der Waals surface area contributed by atoms with Crippen LogP contribution in [0.25, 0.3) is 0 Å². The summed E-state index contributed by atoms with van der Waals surface area (Å²) in [7, 11) is 0. The summed E-state index contributed by atoms with van der Waals surface area (Å²) in [6, 6.07) is 3.08. The number of benzene rings is 1. The zero-order chi connectivity index (χ0) is 14.8. The van der Waals surface area contributed by atoms with E-state index in [1.807, 2.05) is 0 Å². The van der Waals surface area contributed by atoms with Crippen LogP contribution in [0.1, 0.15) is 12.5 Å². The molecule has 2 atom stereocenters. The third kappa shape index (κ3) is 2.68. The lowest BCUT2D eigenvalue weighted by molar-refractivity contribution is -0.0357. The van der Waals surface area contributed by atoms with Gasteiger partial charge >= 0.3 is 0 Å². The Bertz CT molecular complexity index is 576. The molecule has 2 rings (SSSR count). The van der Waals surface area contributed by atoms with E-state index in [4.69, 9.17) is 5.73 Å². The number of rotatable bonds is 5. The predicted octanol–water partition coefficient (Wildman–Crippen LogP) is 1.04. The standard InChI is InChI=1S/C13H16F2N4O/c1-9(5-16)13(20,6-19-8-17-7-18-19)11-3-2-10(14)4-12(11)15/h2-4,7-9,20H,5-6,16H2,1H3/t9-,13+/m0/s1. The number of nitrogens with zero attached hydrogens (tertiary/aromatic N) is 3. The quantitative estimate of drug-likeness (QED) is 0.859. The number of aliphatic hydroxyl groups is 1. The fourth-order valence-corrected chi connectivity index (χ4v) is 2.10. The lowest BCUT2D eigenvalue weighted by atomic mass is 9.82. The van der Waals surface area contributed by atoms with Gasteiger partial charge in [0.1, 0.15) is 29.9 Å².